The van der Waals surface area contributed by atoms with Crippen LogP contribution in [-0.2, 0) is 0 Å². The van der Waals surface area contributed by atoms with Gasteiger partial charge in [0.05, 0.1) is 5.69 Å². The molecule has 2 N–H and O–H groups in total. The van der Waals surface area contributed by atoms with Gasteiger partial charge in [0, 0.05) is 12.6 Å². The van der Waals surface area contributed by atoms with Gasteiger partial charge in [-0.2, -0.15) is 0 Å². The van der Waals surface area contributed by atoms with E-state index in [2.05, 4.69) is 15.8 Å². The van der Waals surface area contributed by atoms with Crippen LogP contribution in [-0.4, -0.2) is 30.2 Å². The van der Waals surface area contributed by atoms with Crippen LogP contribution in [0.5, 0.6) is 0 Å². The van der Waals surface area contributed by atoms with Crippen molar-refractivity contribution in [3.8, 4) is 0 Å². The molecule has 0 radical (unpaired) electrons. The maximum atomic E-state index is 11.9. The summed E-state index contributed by atoms with van der Waals surface area (Å²) >= 11 is 0. The summed E-state index contributed by atoms with van der Waals surface area (Å²) in [6.07, 6.45) is 0.981. The molecule has 1 fully saturated rings. The van der Waals surface area contributed by atoms with E-state index in [9.17, 15) is 4.79 Å². The normalized spacial score (nSPS) is 20.5. The Balaban J connectivity index is 2.07. The molecule has 5 nitrogen and oxygen atoms in total. The first-order chi connectivity index (χ1) is 7.18. The first-order valence-corrected chi connectivity index (χ1v) is 5.13. The molecule has 82 valence electrons. The monoisotopic (exact) mass is 209 g/mol. The Labute approximate surface area is 88.2 Å². The Morgan fingerprint density at radius 1 is 1.60 bits per heavy atom. The molecule has 1 aliphatic rings. The Bertz CT molecular complexity index is 347. The molecular formula is C10H15N3O2. The number of nitrogens with one attached hydrogen (secondary N) is 2. The number of carbonyl (C=O) groups excluding carboxylic acids is 1. The van der Waals surface area contributed by atoms with Crippen molar-refractivity contribution in [3.05, 3.63) is 17.0 Å². The molecule has 1 saturated heterocycles. The van der Waals surface area contributed by atoms with E-state index < -0.39 is 0 Å². The minimum Gasteiger partial charge on any atom is -0.361 e. The van der Waals surface area contributed by atoms with Gasteiger partial charge in [0.15, 0.2) is 0 Å². The SMILES string of the molecule is Cc1noc(C)c1C(=O)N[C@H]1CCNC1. The number of amides is 1. The van der Waals surface area contributed by atoms with Crippen LogP contribution in [0.25, 0.3) is 0 Å². The van der Waals surface area contributed by atoms with Crippen molar-refractivity contribution in [1.29, 1.82) is 0 Å². The summed E-state index contributed by atoms with van der Waals surface area (Å²) in [5.74, 6) is 0.496. The zero-order chi connectivity index (χ0) is 10.8. The Morgan fingerprint density at radius 2 is 2.40 bits per heavy atom. The predicted octanol–water partition coefficient (Wildman–Crippen LogP) is 0.383. The second-order valence-corrected chi connectivity index (χ2v) is 3.86. The van der Waals surface area contributed by atoms with Gasteiger partial charge in [-0.25, -0.2) is 0 Å². The van der Waals surface area contributed by atoms with E-state index in [0.717, 1.165) is 19.5 Å². The molecule has 0 aliphatic carbocycles. The summed E-state index contributed by atoms with van der Waals surface area (Å²) in [7, 11) is 0. The Hall–Kier alpha value is -1.36. The summed E-state index contributed by atoms with van der Waals surface area (Å²) in [6.45, 7) is 5.34. The second kappa shape index (κ2) is 4.02. The van der Waals surface area contributed by atoms with Gasteiger partial charge < -0.3 is 15.2 Å². The second-order valence-electron chi connectivity index (χ2n) is 3.86. The topological polar surface area (TPSA) is 67.2 Å². The standard InChI is InChI=1S/C10H15N3O2/c1-6-9(7(2)15-13-6)10(14)12-8-3-4-11-5-8/h8,11H,3-5H2,1-2H3,(H,12,14)/t8-/m0/s1. The molecule has 0 spiro atoms. The maximum Gasteiger partial charge on any atom is 0.257 e. The van der Waals surface area contributed by atoms with Gasteiger partial charge in [0.1, 0.15) is 11.3 Å². The van der Waals surface area contributed by atoms with Crippen LogP contribution >= 0.6 is 0 Å². The number of aromatic nitrogens is 1. The summed E-state index contributed by atoms with van der Waals surface area (Å²) < 4.78 is 4.95. The van der Waals surface area contributed by atoms with Crippen LogP contribution < -0.4 is 10.6 Å². The lowest BCUT2D eigenvalue weighted by Gasteiger charge is -2.10. The summed E-state index contributed by atoms with van der Waals surface area (Å²) in [5, 5.41) is 9.92. The van der Waals surface area contributed by atoms with Crippen molar-refractivity contribution in [2.45, 2.75) is 26.3 Å². The molecule has 1 aromatic heterocycles. The summed E-state index contributed by atoms with van der Waals surface area (Å²) in [6, 6.07) is 0.228. The lowest BCUT2D eigenvalue weighted by atomic mass is 10.1. The van der Waals surface area contributed by atoms with Gasteiger partial charge in [0.2, 0.25) is 0 Å². The predicted molar refractivity (Wildman–Crippen MR) is 54.7 cm³/mol. The minimum absolute atomic E-state index is 0.0834. The van der Waals surface area contributed by atoms with E-state index >= 15 is 0 Å². The third-order valence-corrected chi connectivity index (χ3v) is 2.66. The highest BCUT2D eigenvalue weighted by atomic mass is 16.5. The molecule has 1 amide bonds. The Kier molecular flexibility index (Phi) is 2.73. The fraction of sp³-hybridized carbons (Fsp3) is 0.600. The Morgan fingerprint density at radius 3 is 2.93 bits per heavy atom. The van der Waals surface area contributed by atoms with Crippen molar-refractivity contribution >= 4 is 5.91 Å². The van der Waals surface area contributed by atoms with Crippen LogP contribution in [0.4, 0.5) is 0 Å². The highest BCUT2D eigenvalue weighted by Gasteiger charge is 2.22. The van der Waals surface area contributed by atoms with Crippen molar-refractivity contribution in [1.82, 2.24) is 15.8 Å². The van der Waals surface area contributed by atoms with Crippen molar-refractivity contribution in [3.63, 3.8) is 0 Å². The summed E-state index contributed by atoms with van der Waals surface area (Å²) in [5.41, 5.74) is 1.22. The van der Waals surface area contributed by atoms with E-state index in [4.69, 9.17) is 4.52 Å². The fourth-order valence-corrected chi connectivity index (χ4v) is 1.84. The highest BCUT2D eigenvalue weighted by Crippen LogP contribution is 2.12. The van der Waals surface area contributed by atoms with E-state index in [1.807, 2.05) is 0 Å². The van der Waals surface area contributed by atoms with Gasteiger partial charge >= 0.3 is 0 Å². The molecule has 0 bridgehead atoms. The maximum absolute atomic E-state index is 11.9. The number of rotatable bonds is 2. The molecule has 1 atom stereocenters. The van der Waals surface area contributed by atoms with E-state index in [1.54, 1.807) is 13.8 Å². The molecule has 15 heavy (non-hydrogen) atoms. The van der Waals surface area contributed by atoms with E-state index in [1.165, 1.54) is 0 Å². The van der Waals surface area contributed by atoms with Crippen molar-refractivity contribution in [2.75, 3.05) is 13.1 Å². The molecule has 2 rings (SSSR count). The zero-order valence-corrected chi connectivity index (χ0v) is 8.96. The molecule has 0 saturated carbocycles. The quantitative estimate of drug-likeness (QED) is 0.739. The van der Waals surface area contributed by atoms with Crippen LogP contribution in [0, 0.1) is 13.8 Å². The molecule has 2 heterocycles. The number of aryl methyl sites for hydroxylation is 2. The average Bonchev–Trinajstić information content (AvgIpc) is 2.77. The molecule has 5 heteroatoms. The van der Waals surface area contributed by atoms with Crippen LogP contribution in [0.2, 0.25) is 0 Å². The fourth-order valence-electron chi connectivity index (χ4n) is 1.84. The molecular weight excluding hydrogens is 194 g/mol. The third kappa shape index (κ3) is 2.02. The van der Waals surface area contributed by atoms with Gasteiger partial charge in [-0.1, -0.05) is 5.16 Å². The highest BCUT2D eigenvalue weighted by molar-refractivity contribution is 5.96. The smallest absolute Gasteiger partial charge is 0.257 e. The first-order valence-electron chi connectivity index (χ1n) is 5.13. The first kappa shape index (κ1) is 10.2. The molecule has 1 aliphatic heterocycles. The summed E-state index contributed by atoms with van der Waals surface area (Å²) in [4.78, 5) is 11.9. The minimum atomic E-state index is -0.0834. The van der Waals surface area contributed by atoms with Crippen molar-refractivity contribution in [2.24, 2.45) is 0 Å². The zero-order valence-electron chi connectivity index (χ0n) is 8.96. The number of hydrogen-bond donors (Lipinski definition) is 2. The van der Waals surface area contributed by atoms with Crippen LogP contribution in [0.1, 0.15) is 28.2 Å². The third-order valence-electron chi connectivity index (χ3n) is 2.66. The molecule has 1 aromatic rings. The van der Waals surface area contributed by atoms with Crippen molar-refractivity contribution < 1.29 is 9.32 Å². The van der Waals surface area contributed by atoms with Gasteiger partial charge in [-0.15, -0.1) is 0 Å². The number of hydrogen-bond acceptors (Lipinski definition) is 4. The molecule has 0 unspecified atom stereocenters. The lowest BCUT2D eigenvalue weighted by Crippen LogP contribution is -2.36. The van der Waals surface area contributed by atoms with Crippen LogP contribution in [0.3, 0.4) is 0 Å². The van der Waals surface area contributed by atoms with Gasteiger partial charge in [-0.3, -0.25) is 4.79 Å². The van der Waals surface area contributed by atoms with E-state index in [-0.39, 0.29) is 11.9 Å². The van der Waals surface area contributed by atoms with Gasteiger partial charge in [0.25, 0.3) is 5.91 Å². The molecule has 0 aromatic carbocycles. The van der Waals surface area contributed by atoms with Crippen LogP contribution in [0.15, 0.2) is 4.52 Å². The number of carbonyl (C=O) groups is 1. The number of nitrogens with zero attached hydrogens (tertiary/aromatic N) is 1. The average molecular weight is 209 g/mol. The van der Waals surface area contributed by atoms with Gasteiger partial charge in [-0.05, 0) is 26.8 Å². The lowest BCUT2D eigenvalue weighted by molar-refractivity contribution is 0.0938. The van der Waals surface area contributed by atoms with E-state index in [0.29, 0.717) is 17.0 Å². The largest absolute Gasteiger partial charge is 0.361 e.